The summed E-state index contributed by atoms with van der Waals surface area (Å²) in [6, 6.07) is 0.572. The molecule has 7 heteroatoms. The van der Waals surface area contributed by atoms with E-state index in [4.69, 9.17) is 4.42 Å². The fraction of sp³-hybridized carbons (Fsp3) is 0.800. The standard InChI is InChI=1S/C20H35N5OS/c1-14-15(2)26-19(23-14)13-25-9-7-16(8-10-25)12-22-20(21-3)24-17-5-6-18(11-17)27-4/h16-18H,5-13H2,1-4H3,(H2,21,22,24). The number of oxazole rings is 1. The fourth-order valence-corrected chi connectivity index (χ4v) is 4.86. The number of thioether (sulfide) groups is 1. The predicted octanol–water partition coefficient (Wildman–Crippen LogP) is 2.95. The third-order valence-electron chi connectivity index (χ3n) is 5.98. The van der Waals surface area contributed by atoms with Crippen molar-refractivity contribution in [2.24, 2.45) is 10.9 Å². The molecule has 0 bridgehead atoms. The van der Waals surface area contributed by atoms with Crippen molar-refractivity contribution in [1.82, 2.24) is 20.5 Å². The Kier molecular flexibility index (Phi) is 7.47. The highest BCUT2D eigenvalue weighted by atomic mass is 32.2. The molecule has 3 rings (SSSR count). The number of hydrogen-bond donors (Lipinski definition) is 2. The molecule has 2 unspecified atom stereocenters. The SMILES string of the molecule is CN=C(NCC1CCN(Cc2nc(C)c(C)o2)CC1)NC1CCC(SC)C1. The highest BCUT2D eigenvalue weighted by molar-refractivity contribution is 7.99. The average molecular weight is 394 g/mol. The smallest absolute Gasteiger partial charge is 0.208 e. The van der Waals surface area contributed by atoms with Crippen LogP contribution in [0.4, 0.5) is 0 Å². The van der Waals surface area contributed by atoms with Gasteiger partial charge in [-0.2, -0.15) is 11.8 Å². The van der Waals surface area contributed by atoms with E-state index >= 15 is 0 Å². The lowest BCUT2D eigenvalue weighted by Gasteiger charge is -2.31. The van der Waals surface area contributed by atoms with Crippen molar-refractivity contribution in [1.29, 1.82) is 0 Å². The van der Waals surface area contributed by atoms with Crippen LogP contribution in [0.1, 0.15) is 49.4 Å². The molecule has 0 amide bonds. The van der Waals surface area contributed by atoms with Gasteiger partial charge in [-0.25, -0.2) is 4.98 Å². The lowest BCUT2D eigenvalue weighted by molar-refractivity contribution is 0.164. The Morgan fingerprint density at radius 3 is 2.63 bits per heavy atom. The van der Waals surface area contributed by atoms with Crippen molar-refractivity contribution in [2.75, 3.05) is 32.9 Å². The van der Waals surface area contributed by atoms with Gasteiger partial charge in [0.1, 0.15) is 5.76 Å². The Hall–Kier alpha value is -1.21. The number of hydrogen-bond acceptors (Lipinski definition) is 5. The molecule has 6 nitrogen and oxygen atoms in total. The van der Waals surface area contributed by atoms with Crippen LogP contribution in [0.3, 0.4) is 0 Å². The lowest BCUT2D eigenvalue weighted by Crippen LogP contribution is -2.45. The van der Waals surface area contributed by atoms with E-state index in [0.29, 0.717) is 12.0 Å². The summed E-state index contributed by atoms with van der Waals surface area (Å²) in [5.41, 5.74) is 1.01. The lowest BCUT2D eigenvalue weighted by atomic mass is 9.97. The van der Waals surface area contributed by atoms with Crippen molar-refractivity contribution < 1.29 is 4.42 Å². The molecule has 2 heterocycles. The Morgan fingerprint density at radius 1 is 1.26 bits per heavy atom. The maximum atomic E-state index is 5.73. The first kappa shape index (κ1) is 20.5. The van der Waals surface area contributed by atoms with Crippen LogP contribution in [0.2, 0.25) is 0 Å². The number of likely N-dealkylation sites (tertiary alicyclic amines) is 1. The molecule has 1 aliphatic heterocycles. The van der Waals surface area contributed by atoms with Gasteiger partial charge in [-0.05, 0) is 71.2 Å². The van der Waals surface area contributed by atoms with Gasteiger partial charge < -0.3 is 15.1 Å². The summed E-state index contributed by atoms with van der Waals surface area (Å²) in [4.78, 5) is 11.4. The van der Waals surface area contributed by atoms with Crippen LogP contribution < -0.4 is 10.6 Å². The number of aliphatic imine (C=N–C) groups is 1. The van der Waals surface area contributed by atoms with E-state index in [2.05, 4.69) is 31.8 Å². The van der Waals surface area contributed by atoms with E-state index in [1.165, 1.54) is 32.1 Å². The van der Waals surface area contributed by atoms with Crippen molar-refractivity contribution in [3.8, 4) is 0 Å². The van der Waals surface area contributed by atoms with Gasteiger partial charge in [0, 0.05) is 24.9 Å². The maximum Gasteiger partial charge on any atom is 0.208 e. The van der Waals surface area contributed by atoms with Crippen LogP contribution in [-0.4, -0.2) is 60.1 Å². The molecule has 2 atom stereocenters. The molecular formula is C20H35N5OS. The van der Waals surface area contributed by atoms with E-state index in [-0.39, 0.29) is 0 Å². The highest BCUT2D eigenvalue weighted by Gasteiger charge is 2.25. The fourth-order valence-electron chi connectivity index (χ4n) is 4.06. The van der Waals surface area contributed by atoms with Crippen molar-refractivity contribution in [3.05, 3.63) is 17.3 Å². The first-order valence-corrected chi connectivity index (χ1v) is 11.5. The highest BCUT2D eigenvalue weighted by Crippen LogP contribution is 2.28. The molecule has 152 valence electrons. The summed E-state index contributed by atoms with van der Waals surface area (Å²) in [5, 5.41) is 7.98. The Labute approximate surface area is 168 Å². The van der Waals surface area contributed by atoms with Crippen LogP contribution in [0.25, 0.3) is 0 Å². The average Bonchev–Trinajstić information content (AvgIpc) is 3.25. The van der Waals surface area contributed by atoms with Crippen molar-refractivity contribution in [2.45, 2.75) is 63.8 Å². The van der Waals surface area contributed by atoms with Crippen molar-refractivity contribution in [3.63, 3.8) is 0 Å². The molecule has 27 heavy (non-hydrogen) atoms. The first-order chi connectivity index (χ1) is 13.1. The molecule has 1 saturated carbocycles. The summed E-state index contributed by atoms with van der Waals surface area (Å²) in [6.45, 7) is 8.04. The summed E-state index contributed by atoms with van der Waals surface area (Å²) < 4.78 is 5.73. The molecule has 0 aromatic carbocycles. The third-order valence-corrected chi connectivity index (χ3v) is 7.07. The molecule has 2 aliphatic rings. The minimum absolute atomic E-state index is 0.572. The predicted molar refractivity (Wildman–Crippen MR) is 113 cm³/mol. The molecule has 2 N–H and O–H groups in total. The second-order valence-electron chi connectivity index (χ2n) is 7.93. The number of aryl methyl sites for hydroxylation is 2. The molecule has 1 aliphatic carbocycles. The van der Waals surface area contributed by atoms with Crippen LogP contribution in [0, 0.1) is 19.8 Å². The molecule has 1 saturated heterocycles. The molecule has 1 aromatic heterocycles. The quantitative estimate of drug-likeness (QED) is 0.572. The maximum absolute atomic E-state index is 5.73. The number of aromatic nitrogens is 1. The van der Waals surface area contributed by atoms with Gasteiger partial charge in [-0.3, -0.25) is 9.89 Å². The first-order valence-electron chi connectivity index (χ1n) is 10.2. The topological polar surface area (TPSA) is 65.7 Å². The molecule has 0 radical (unpaired) electrons. The Morgan fingerprint density at radius 2 is 2.04 bits per heavy atom. The van der Waals surface area contributed by atoms with Crippen LogP contribution >= 0.6 is 11.8 Å². The summed E-state index contributed by atoms with van der Waals surface area (Å²) in [5.74, 6) is 3.46. The van der Waals surface area contributed by atoms with Gasteiger partial charge >= 0.3 is 0 Å². The molecule has 0 spiro atoms. The van der Waals surface area contributed by atoms with Crippen LogP contribution in [0.15, 0.2) is 9.41 Å². The van der Waals surface area contributed by atoms with E-state index in [1.54, 1.807) is 0 Å². The molecular weight excluding hydrogens is 358 g/mol. The Balaban J connectivity index is 1.36. The van der Waals surface area contributed by atoms with Gasteiger partial charge in [0.2, 0.25) is 5.89 Å². The minimum Gasteiger partial charge on any atom is -0.444 e. The Bertz CT molecular complexity index is 604. The van der Waals surface area contributed by atoms with Crippen molar-refractivity contribution >= 4 is 17.7 Å². The zero-order valence-electron chi connectivity index (χ0n) is 17.3. The summed E-state index contributed by atoms with van der Waals surface area (Å²) in [6.07, 6.45) is 8.46. The van der Waals surface area contributed by atoms with E-state index in [1.807, 2.05) is 32.7 Å². The van der Waals surface area contributed by atoms with Gasteiger partial charge in [0.15, 0.2) is 5.96 Å². The van der Waals surface area contributed by atoms with Gasteiger partial charge in [0.25, 0.3) is 0 Å². The normalized spacial score (nSPS) is 25.1. The van der Waals surface area contributed by atoms with E-state index in [9.17, 15) is 0 Å². The number of guanidine groups is 1. The largest absolute Gasteiger partial charge is 0.444 e. The zero-order chi connectivity index (χ0) is 19.2. The van der Waals surface area contributed by atoms with Crippen LogP contribution in [0.5, 0.6) is 0 Å². The zero-order valence-corrected chi connectivity index (χ0v) is 18.1. The second kappa shape index (κ2) is 9.82. The third kappa shape index (κ3) is 5.88. The molecule has 1 aromatic rings. The van der Waals surface area contributed by atoms with Gasteiger partial charge in [0.05, 0.1) is 12.2 Å². The number of piperidine rings is 1. The number of rotatable bonds is 6. The minimum atomic E-state index is 0.572. The monoisotopic (exact) mass is 393 g/mol. The van der Waals surface area contributed by atoms with Gasteiger partial charge in [-0.15, -0.1) is 0 Å². The van der Waals surface area contributed by atoms with E-state index < -0.39 is 0 Å². The summed E-state index contributed by atoms with van der Waals surface area (Å²) >= 11 is 1.99. The number of nitrogens with zero attached hydrogens (tertiary/aromatic N) is 3. The van der Waals surface area contributed by atoms with E-state index in [0.717, 1.165) is 54.7 Å². The van der Waals surface area contributed by atoms with Crippen LogP contribution in [-0.2, 0) is 6.54 Å². The summed E-state index contributed by atoms with van der Waals surface area (Å²) in [7, 11) is 1.87. The molecule has 2 fully saturated rings. The second-order valence-corrected chi connectivity index (χ2v) is 9.07. The van der Waals surface area contributed by atoms with Gasteiger partial charge in [-0.1, -0.05) is 0 Å². The number of nitrogens with one attached hydrogen (secondary N) is 2.